The van der Waals surface area contributed by atoms with E-state index >= 15 is 0 Å². The first-order chi connectivity index (χ1) is 8.10. The molecule has 0 radical (unpaired) electrons. The molecule has 1 aromatic rings. The molecule has 1 aromatic carbocycles. The molecule has 17 heavy (non-hydrogen) atoms. The van der Waals surface area contributed by atoms with Gasteiger partial charge >= 0.3 is 5.97 Å². The summed E-state index contributed by atoms with van der Waals surface area (Å²) >= 11 is 3.37. The molecule has 1 rings (SSSR count). The number of methoxy groups -OCH3 is 1. The number of hydrogen-bond acceptors (Lipinski definition) is 4. The number of carbonyl (C=O) groups is 1. The lowest BCUT2D eigenvalue weighted by Gasteiger charge is -2.11. The van der Waals surface area contributed by atoms with Crippen LogP contribution in [0.2, 0.25) is 0 Å². The average Bonchev–Trinajstić information content (AvgIpc) is 2.31. The first-order valence-electron chi connectivity index (χ1n) is 5.12. The second kappa shape index (κ2) is 6.30. The Morgan fingerprint density at radius 2 is 2.29 bits per heavy atom. The fourth-order valence-corrected chi connectivity index (χ4v) is 1.94. The van der Waals surface area contributed by atoms with Crippen LogP contribution < -0.4 is 11.1 Å². The lowest BCUT2D eigenvalue weighted by Crippen LogP contribution is -2.07. The molecule has 0 aliphatic rings. The number of nitrogens with two attached hydrogens (primary N) is 1. The summed E-state index contributed by atoms with van der Waals surface area (Å²) in [6.45, 7) is 2.62. The zero-order chi connectivity index (χ0) is 12.8. The van der Waals surface area contributed by atoms with Crippen molar-refractivity contribution in [2.75, 3.05) is 24.7 Å². The molecule has 0 atom stereocenters. The third-order valence-electron chi connectivity index (χ3n) is 2.17. The third-order valence-corrected chi connectivity index (χ3v) is 2.80. The summed E-state index contributed by atoms with van der Waals surface area (Å²) in [6, 6.07) is 3.27. The number of rotatable bonds is 4. The lowest BCUT2D eigenvalue weighted by molar-refractivity contribution is 0.0600. The molecule has 0 amide bonds. The van der Waals surface area contributed by atoms with Crippen molar-refractivity contribution in [2.24, 2.45) is 0 Å². The van der Waals surface area contributed by atoms with E-state index in [1.165, 1.54) is 7.11 Å². The van der Waals surface area contributed by atoms with E-state index in [4.69, 9.17) is 5.73 Å². The van der Waals surface area contributed by atoms with Gasteiger partial charge in [0.1, 0.15) is 0 Å². The number of ether oxygens (including phenoxy) is 1. The summed E-state index contributed by atoms with van der Waals surface area (Å²) in [5.41, 5.74) is 7.57. The molecule has 0 fully saturated rings. The zero-order valence-electron chi connectivity index (χ0n) is 9.79. The minimum absolute atomic E-state index is 0.405. The van der Waals surface area contributed by atoms with Crippen LogP contribution in [0.4, 0.5) is 11.4 Å². The maximum absolute atomic E-state index is 11.4. The van der Waals surface area contributed by atoms with Crippen molar-refractivity contribution in [1.29, 1.82) is 0 Å². The predicted octanol–water partition coefficient (Wildman–Crippen LogP) is 2.81. The highest BCUT2D eigenvalue weighted by atomic mass is 79.9. The summed E-state index contributed by atoms with van der Waals surface area (Å²) in [6.07, 6.45) is 3.92. The van der Waals surface area contributed by atoms with Crippen molar-refractivity contribution < 1.29 is 9.53 Å². The van der Waals surface area contributed by atoms with Crippen molar-refractivity contribution in [2.45, 2.75) is 6.92 Å². The summed E-state index contributed by atoms with van der Waals surface area (Å²) in [5.74, 6) is -0.405. The van der Waals surface area contributed by atoms with Crippen LogP contribution in [-0.4, -0.2) is 19.6 Å². The van der Waals surface area contributed by atoms with Crippen molar-refractivity contribution in [3.63, 3.8) is 0 Å². The molecule has 0 saturated carbocycles. The minimum Gasteiger partial charge on any atom is -0.465 e. The molecule has 0 aliphatic heterocycles. The lowest BCUT2D eigenvalue weighted by atomic mass is 10.1. The summed E-state index contributed by atoms with van der Waals surface area (Å²) in [7, 11) is 1.34. The second-order valence-electron chi connectivity index (χ2n) is 3.36. The summed E-state index contributed by atoms with van der Waals surface area (Å²) in [5, 5.41) is 3.16. The van der Waals surface area contributed by atoms with Crippen LogP contribution >= 0.6 is 15.9 Å². The Kier molecular flexibility index (Phi) is 5.03. The molecule has 0 bridgehead atoms. The van der Waals surface area contributed by atoms with E-state index in [2.05, 4.69) is 26.0 Å². The number of anilines is 2. The average molecular weight is 299 g/mol. The summed E-state index contributed by atoms with van der Waals surface area (Å²) in [4.78, 5) is 11.4. The van der Waals surface area contributed by atoms with Gasteiger partial charge in [0.05, 0.1) is 24.0 Å². The van der Waals surface area contributed by atoms with Gasteiger partial charge in [0.25, 0.3) is 0 Å². The van der Waals surface area contributed by atoms with Gasteiger partial charge in [-0.15, -0.1) is 0 Å². The van der Waals surface area contributed by atoms with Crippen LogP contribution in [0, 0.1) is 0 Å². The molecule has 0 aromatic heterocycles. The molecule has 92 valence electrons. The predicted molar refractivity (Wildman–Crippen MR) is 73.2 cm³/mol. The Hall–Kier alpha value is -1.49. The number of benzene rings is 1. The molecule has 4 nitrogen and oxygen atoms in total. The number of esters is 1. The van der Waals surface area contributed by atoms with E-state index < -0.39 is 5.97 Å². The number of allylic oxidation sites excluding steroid dienone is 1. The molecular formula is C12H15BrN2O2. The highest BCUT2D eigenvalue weighted by Gasteiger charge is 2.11. The van der Waals surface area contributed by atoms with Crippen LogP contribution in [0.15, 0.2) is 28.8 Å². The third kappa shape index (κ3) is 3.49. The molecule has 0 heterocycles. The fraction of sp³-hybridized carbons (Fsp3) is 0.250. The SMILES string of the molecule is C/C=C/CNc1c(N)cc(C(=O)OC)cc1Br. The van der Waals surface area contributed by atoms with Crippen LogP contribution in [0.5, 0.6) is 0 Å². The Labute approximate surface area is 109 Å². The maximum Gasteiger partial charge on any atom is 0.337 e. The molecule has 5 heteroatoms. The van der Waals surface area contributed by atoms with Gasteiger partial charge in [0.15, 0.2) is 0 Å². The molecule has 0 aliphatic carbocycles. The van der Waals surface area contributed by atoms with E-state index in [-0.39, 0.29) is 0 Å². The van der Waals surface area contributed by atoms with Gasteiger partial charge in [0, 0.05) is 11.0 Å². The Morgan fingerprint density at radius 1 is 1.59 bits per heavy atom. The van der Waals surface area contributed by atoms with Crippen molar-refractivity contribution in [3.05, 3.63) is 34.3 Å². The Balaban J connectivity index is 2.98. The van der Waals surface area contributed by atoms with Gasteiger partial charge in [-0.05, 0) is 35.0 Å². The zero-order valence-corrected chi connectivity index (χ0v) is 11.4. The normalized spacial score (nSPS) is 10.5. The highest BCUT2D eigenvalue weighted by Crippen LogP contribution is 2.30. The first-order valence-corrected chi connectivity index (χ1v) is 5.91. The summed E-state index contributed by atoms with van der Waals surface area (Å²) < 4.78 is 5.38. The van der Waals surface area contributed by atoms with Crippen LogP contribution in [0.25, 0.3) is 0 Å². The number of nitrogen functional groups attached to an aromatic ring is 1. The smallest absolute Gasteiger partial charge is 0.337 e. The van der Waals surface area contributed by atoms with Gasteiger partial charge in [0.2, 0.25) is 0 Å². The molecule has 0 unspecified atom stereocenters. The molecule has 3 N–H and O–H groups in total. The van der Waals surface area contributed by atoms with E-state index in [9.17, 15) is 4.79 Å². The fourth-order valence-electron chi connectivity index (χ4n) is 1.33. The van der Waals surface area contributed by atoms with Gasteiger partial charge in [-0.25, -0.2) is 4.79 Å². The monoisotopic (exact) mass is 298 g/mol. The number of carbonyl (C=O) groups excluding carboxylic acids is 1. The standard InChI is InChI=1S/C12H15BrN2O2/c1-3-4-5-15-11-9(13)6-8(7-10(11)14)12(16)17-2/h3-4,6-7,15H,5,14H2,1-2H3/b4-3+. The van der Waals surface area contributed by atoms with Gasteiger partial charge in [-0.3, -0.25) is 0 Å². The number of hydrogen-bond donors (Lipinski definition) is 2. The number of nitrogens with one attached hydrogen (secondary N) is 1. The quantitative estimate of drug-likeness (QED) is 0.510. The van der Waals surface area contributed by atoms with Crippen molar-refractivity contribution in [1.82, 2.24) is 0 Å². The van der Waals surface area contributed by atoms with E-state index in [1.807, 2.05) is 19.1 Å². The number of halogens is 1. The van der Waals surface area contributed by atoms with Gasteiger partial charge < -0.3 is 15.8 Å². The second-order valence-corrected chi connectivity index (χ2v) is 4.22. The van der Waals surface area contributed by atoms with Crippen LogP contribution in [-0.2, 0) is 4.74 Å². The van der Waals surface area contributed by atoms with Crippen LogP contribution in [0.1, 0.15) is 17.3 Å². The Morgan fingerprint density at radius 3 is 2.82 bits per heavy atom. The van der Waals surface area contributed by atoms with Crippen LogP contribution in [0.3, 0.4) is 0 Å². The van der Waals surface area contributed by atoms with E-state index in [0.29, 0.717) is 17.8 Å². The molecule has 0 saturated heterocycles. The minimum atomic E-state index is -0.405. The van der Waals surface area contributed by atoms with Gasteiger partial charge in [-0.2, -0.15) is 0 Å². The first kappa shape index (κ1) is 13.6. The topological polar surface area (TPSA) is 64.3 Å². The largest absolute Gasteiger partial charge is 0.465 e. The van der Waals surface area contributed by atoms with E-state index in [1.54, 1.807) is 12.1 Å². The van der Waals surface area contributed by atoms with Gasteiger partial charge in [-0.1, -0.05) is 12.2 Å². The maximum atomic E-state index is 11.4. The highest BCUT2D eigenvalue weighted by molar-refractivity contribution is 9.10. The van der Waals surface area contributed by atoms with E-state index in [0.717, 1.165) is 10.2 Å². The molecular weight excluding hydrogens is 284 g/mol. The molecule has 0 spiro atoms. The Bertz CT molecular complexity index is 421. The van der Waals surface area contributed by atoms with Crippen molar-refractivity contribution in [3.8, 4) is 0 Å². The van der Waals surface area contributed by atoms with Crippen molar-refractivity contribution >= 4 is 33.3 Å².